The molecular weight excluding hydrogens is 290 g/mol. The van der Waals surface area contributed by atoms with E-state index in [1.54, 1.807) is 24.3 Å². The van der Waals surface area contributed by atoms with Crippen molar-refractivity contribution in [3.05, 3.63) is 52.3 Å². The van der Waals surface area contributed by atoms with Crippen molar-refractivity contribution >= 4 is 17.6 Å². The molecule has 0 aliphatic rings. The van der Waals surface area contributed by atoms with Crippen LogP contribution < -0.4 is 0 Å². The second-order valence-corrected chi connectivity index (χ2v) is 4.48. The summed E-state index contributed by atoms with van der Waals surface area (Å²) in [5, 5.41) is 4.31. The van der Waals surface area contributed by atoms with Crippen LogP contribution in [0, 0.1) is 0 Å². The van der Waals surface area contributed by atoms with Crippen LogP contribution in [-0.2, 0) is 11.3 Å². The Balaban J connectivity index is 2.29. The SMILES string of the molecule is COC(=O)c1cn(Cc2ccc(Cl)cc2)nc1C(F)F. The number of rotatable bonds is 4. The molecule has 0 aliphatic carbocycles. The molecule has 2 rings (SSSR count). The van der Waals surface area contributed by atoms with Crippen molar-refractivity contribution in [3.8, 4) is 0 Å². The summed E-state index contributed by atoms with van der Waals surface area (Å²) in [6.45, 7) is 0.258. The van der Waals surface area contributed by atoms with Crippen LogP contribution in [0.1, 0.15) is 28.0 Å². The van der Waals surface area contributed by atoms with E-state index in [9.17, 15) is 13.6 Å². The first-order chi connectivity index (χ1) is 9.51. The molecule has 0 atom stereocenters. The number of methoxy groups -OCH3 is 1. The van der Waals surface area contributed by atoms with Crippen LogP contribution in [0.4, 0.5) is 8.78 Å². The number of carbonyl (C=O) groups excluding carboxylic acids is 1. The summed E-state index contributed by atoms with van der Waals surface area (Å²) in [4.78, 5) is 11.4. The Morgan fingerprint density at radius 3 is 2.60 bits per heavy atom. The molecule has 0 bridgehead atoms. The van der Waals surface area contributed by atoms with Gasteiger partial charge in [-0.2, -0.15) is 5.10 Å². The van der Waals surface area contributed by atoms with Crippen LogP contribution >= 0.6 is 11.6 Å². The van der Waals surface area contributed by atoms with E-state index in [-0.39, 0.29) is 12.1 Å². The molecule has 106 valence electrons. The maximum atomic E-state index is 12.8. The molecule has 1 heterocycles. The summed E-state index contributed by atoms with van der Waals surface area (Å²) in [6.07, 6.45) is -1.59. The summed E-state index contributed by atoms with van der Waals surface area (Å²) < 4.78 is 31.4. The van der Waals surface area contributed by atoms with Crippen molar-refractivity contribution in [2.75, 3.05) is 7.11 Å². The van der Waals surface area contributed by atoms with E-state index in [1.165, 1.54) is 10.9 Å². The zero-order valence-corrected chi connectivity index (χ0v) is 11.3. The van der Waals surface area contributed by atoms with Crippen LogP contribution in [0.15, 0.2) is 30.5 Å². The van der Waals surface area contributed by atoms with Crippen molar-refractivity contribution in [3.63, 3.8) is 0 Å². The maximum Gasteiger partial charge on any atom is 0.341 e. The Morgan fingerprint density at radius 2 is 2.05 bits per heavy atom. The number of halogens is 3. The normalized spacial score (nSPS) is 10.8. The third-order valence-corrected chi connectivity index (χ3v) is 2.91. The molecule has 0 unspecified atom stereocenters. The highest BCUT2D eigenvalue weighted by molar-refractivity contribution is 6.30. The highest BCUT2D eigenvalue weighted by Crippen LogP contribution is 2.22. The van der Waals surface area contributed by atoms with E-state index in [1.807, 2.05) is 0 Å². The van der Waals surface area contributed by atoms with Gasteiger partial charge in [-0.3, -0.25) is 4.68 Å². The zero-order chi connectivity index (χ0) is 14.7. The number of nitrogens with zero attached hydrogens (tertiary/aromatic N) is 2. The molecule has 20 heavy (non-hydrogen) atoms. The quantitative estimate of drug-likeness (QED) is 0.814. The number of alkyl halides is 2. The number of esters is 1. The molecular formula is C13H11ClF2N2O2. The van der Waals surface area contributed by atoms with Gasteiger partial charge >= 0.3 is 5.97 Å². The lowest BCUT2D eigenvalue weighted by atomic mass is 10.2. The molecule has 0 radical (unpaired) electrons. The largest absolute Gasteiger partial charge is 0.465 e. The third-order valence-electron chi connectivity index (χ3n) is 2.66. The second-order valence-electron chi connectivity index (χ2n) is 4.04. The third kappa shape index (κ3) is 3.14. The first kappa shape index (κ1) is 14.5. The molecule has 2 aromatic rings. The number of ether oxygens (including phenoxy) is 1. The van der Waals surface area contributed by atoms with Gasteiger partial charge in [-0.25, -0.2) is 13.6 Å². The van der Waals surface area contributed by atoms with Gasteiger partial charge in [0.15, 0.2) is 0 Å². The Hall–Kier alpha value is -1.95. The van der Waals surface area contributed by atoms with Gasteiger partial charge in [0.05, 0.1) is 13.7 Å². The molecule has 0 amide bonds. The number of benzene rings is 1. The molecule has 0 spiro atoms. The molecule has 0 saturated heterocycles. The highest BCUT2D eigenvalue weighted by atomic mass is 35.5. The van der Waals surface area contributed by atoms with E-state index in [0.717, 1.165) is 12.7 Å². The van der Waals surface area contributed by atoms with Crippen molar-refractivity contribution in [1.29, 1.82) is 0 Å². The first-order valence-electron chi connectivity index (χ1n) is 5.69. The van der Waals surface area contributed by atoms with Crippen molar-refractivity contribution in [1.82, 2.24) is 9.78 Å². The van der Waals surface area contributed by atoms with E-state index < -0.39 is 18.1 Å². The summed E-state index contributed by atoms with van der Waals surface area (Å²) >= 11 is 5.76. The van der Waals surface area contributed by atoms with E-state index in [2.05, 4.69) is 9.84 Å². The molecule has 4 nitrogen and oxygen atoms in total. The number of carbonyl (C=O) groups is 1. The van der Waals surface area contributed by atoms with Gasteiger partial charge in [0.25, 0.3) is 6.43 Å². The Bertz CT molecular complexity index is 611. The number of hydrogen-bond donors (Lipinski definition) is 0. The Labute approximate surface area is 118 Å². The monoisotopic (exact) mass is 300 g/mol. The molecule has 1 aromatic heterocycles. The average molecular weight is 301 g/mol. The van der Waals surface area contributed by atoms with Crippen LogP contribution in [0.25, 0.3) is 0 Å². The van der Waals surface area contributed by atoms with Gasteiger partial charge in [0, 0.05) is 11.2 Å². The first-order valence-corrected chi connectivity index (χ1v) is 6.07. The highest BCUT2D eigenvalue weighted by Gasteiger charge is 2.23. The van der Waals surface area contributed by atoms with Gasteiger partial charge in [-0.1, -0.05) is 23.7 Å². The van der Waals surface area contributed by atoms with Gasteiger partial charge in [0.2, 0.25) is 0 Å². The van der Waals surface area contributed by atoms with E-state index in [0.29, 0.717) is 5.02 Å². The summed E-state index contributed by atoms with van der Waals surface area (Å²) in [5.74, 6) is -0.831. The standard InChI is InChI=1S/C13H11ClF2N2O2/c1-20-13(19)10-7-18(17-11(10)12(15)16)6-8-2-4-9(14)5-3-8/h2-5,7,12H,6H2,1H3. The van der Waals surface area contributed by atoms with Crippen LogP contribution in [0.3, 0.4) is 0 Å². The lowest BCUT2D eigenvalue weighted by Gasteiger charge is -2.01. The molecule has 0 aliphatic heterocycles. The van der Waals surface area contributed by atoms with Gasteiger partial charge in [-0.05, 0) is 17.7 Å². The Morgan fingerprint density at radius 1 is 1.40 bits per heavy atom. The predicted octanol–water partition coefficient (Wildman–Crippen LogP) is 3.31. The van der Waals surface area contributed by atoms with Crippen molar-refractivity contribution in [2.45, 2.75) is 13.0 Å². The minimum atomic E-state index is -2.84. The topological polar surface area (TPSA) is 44.1 Å². The summed E-state index contributed by atoms with van der Waals surface area (Å²) in [7, 11) is 1.13. The fourth-order valence-electron chi connectivity index (χ4n) is 1.72. The molecule has 7 heteroatoms. The number of hydrogen-bond acceptors (Lipinski definition) is 3. The lowest BCUT2D eigenvalue weighted by molar-refractivity contribution is 0.0589. The number of aromatic nitrogens is 2. The van der Waals surface area contributed by atoms with E-state index in [4.69, 9.17) is 11.6 Å². The van der Waals surface area contributed by atoms with E-state index >= 15 is 0 Å². The van der Waals surface area contributed by atoms with Gasteiger partial charge in [-0.15, -0.1) is 0 Å². The smallest absolute Gasteiger partial charge is 0.341 e. The van der Waals surface area contributed by atoms with Gasteiger partial charge < -0.3 is 4.74 Å². The zero-order valence-electron chi connectivity index (χ0n) is 10.5. The lowest BCUT2D eigenvalue weighted by Crippen LogP contribution is -2.03. The minimum absolute atomic E-state index is 0.225. The van der Waals surface area contributed by atoms with Crippen LogP contribution in [-0.4, -0.2) is 22.9 Å². The molecule has 0 fully saturated rings. The van der Waals surface area contributed by atoms with Crippen LogP contribution in [0.5, 0.6) is 0 Å². The van der Waals surface area contributed by atoms with Gasteiger partial charge in [0.1, 0.15) is 11.3 Å². The Kier molecular flexibility index (Phi) is 4.34. The maximum absolute atomic E-state index is 12.8. The fourth-order valence-corrected chi connectivity index (χ4v) is 1.85. The molecule has 0 N–H and O–H groups in total. The second kappa shape index (κ2) is 6.00. The molecule has 0 saturated carbocycles. The molecule has 1 aromatic carbocycles. The summed E-state index contributed by atoms with van der Waals surface area (Å²) in [5.41, 5.74) is 0.0245. The van der Waals surface area contributed by atoms with Crippen LogP contribution in [0.2, 0.25) is 5.02 Å². The minimum Gasteiger partial charge on any atom is -0.465 e. The van der Waals surface area contributed by atoms with Crippen molar-refractivity contribution < 1.29 is 18.3 Å². The average Bonchev–Trinajstić information content (AvgIpc) is 2.84. The summed E-state index contributed by atoms with van der Waals surface area (Å²) in [6, 6.07) is 6.89. The van der Waals surface area contributed by atoms with Crippen molar-refractivity contribution in [2.24, 2.45) is 0 Å². The predicted molar refractivity (Wildman–Crippen MR) is 69.1 cm³/mol. The fraction of sp³-hybridized carbons (Fsp3) is 0.231.